The molecule has 0 atom stereocenters. The van der Waals surface area contributed by atoms with Gasteiger partial charge in [-0.1, -0.05) is 29.8 Å². The van der Waals surface area contributed by atoms with E-state index in [1.165, 1.54) is 36.4 Å². The molecule has 6 nitrogen and oxygen atoms in total. The molecule has 0 saturated heterocycles. The normalized spacial score (nSPS) is 10.5. The van der Waals surface area contributed by atoms with Gasteiger partial charge in [-0.05, 0) is 49.2 Å². The minimum atomic E-state index is -0.544. The average molecular weight is 383 g/mol. The van der Waals surface area contributed by atoms with Crippen LogP contribution in [0.25, 0.3) is 6.08 Å². The van der Waals surface area contributed by atoms with E-state index in [0.717, 1.165) is 11.1 Å². The summed E-state index contributed by atoms with van der Waals surface area (Å²) in [5, 5.41) is 2.76. The number of hydrazine groups is 1. The molecule has 2 aromatic rings. The van der Waals surface area contributed by atoms with E-state index in [-0.39, 0.29) is 24.6 Å². The van der Waals surface area contributed by atoms with Gasteiger partial charge in [-0.3, -0.25) is 25.2 Å². The average Bonchev–Trinajstić information content (AvgIpc) is 2.66. The molecule has 0 aliphatic heterocycles. The molecule has 0 aliphatic rings. The number of anilines is 1. The molecule has 0 aromatic heterocycles. The first-order chi connectivity index (χ1) is 13.3. The lowest BCUT2D eigenvalue weighted by Crippen LogP contribution is -2.41. The maximum atomic E-state index is 12.8. The number of halogens is 1. The van der Waals surface area contributed by atoms with E-state index in [1.807, 2.05) is 32.0 Å². The van der Waals surface area contributed by atoms with Crippen molar-refractivity contribution in [3.8, 4) is 0 Å². The smallest absolute Gasteiger partial charge is 0.262 e. The first-order valence-electron chi connectivity index (χ1n) is 8.73. The summed E-state index contributed by atoms with van der Waals surface area (Å²) in [6.07, 6.45) is 2.61. The molecular weight excluding hydrogens is 361 g/mol. The molecule has 0 unspecified atom stereocenters. The third kappa shape index (κ3) is 7.03. The predicted octanol–water partition coefficient (Wildman–Crippen LogP) is 3.02. The van der Waals surface area contributed by atoms with Gasteiger partial charge < -0.3 is 5.32 Å². The van der Waals surface area contributed by atoms with Gasteiger partial charge in [0.1, 0.15) is 5.82 Å². The molecule has 3 amide bonds. The molecule has 146 valence electrons. The van der Waals surface area contributed by atoms with Gasteiger partial charge >= 0.3 is 0 Å². The summed E-state index contributed by atoms with van der Waals surface area (Å²) < 4.78 is 12.8. The van der Waals surface area contributed by atoms with Crippen molar-refractivity contribution in [2.45, 2.75) is 26.7 Å². The summed E-state index contributed by atoms with van der Waals surface area (Å²) in [6, 6.07) is 11.3. The zero-order valence-electron chi connectivity index (χ0n) is 15.7. The monoisotopic (exact) mass is 383 g/mol. The Labute approximate surface area is 162 Å². The number of hydrogen-bond acceptors (Lipinski definition) is 3. The Hall–Kier alpha value is -3.48. The molecule has 3 N–H and O–H groups in total. The van der Waals surface area contributed by atoms with Crippen LogP contribution < -0.4 is 16.2 Å². The quantitative estimate of drug-likeness (QED) is 0.529. The van der Waals surface area contributed by atoms with E-state index in [1.54, 1.807) is 0 Å². The number of carbonyl (C=O) groups excluding carboxylic acids is 3. The van der Waals surface area contributed by atoms with Crippen LogP contribution in [0.1, 0.15) is 29.5 Å². The van der Waals surface area contributed by atoms with Gasteiger partial charge in [-0.15, -0.1) is 0 Å². The Morgan fingerprint density at radius 2 is 1.61 bits per heavy atom. The number of aryl methyl sites for hydroxylation is 2. The highest BCUT2D eigenvalue weighted by Crippen LogP contribution is 2.16. The summed E-state index contributed by atoms with van der Waals surface area (Å²) in [4.78, 5) is 35.4. The molecule has 0 fully saturated rings. The maximum Gasteiger partial charge on any atom is 0.262 e. The van der Waals surface area contributed by atoms with E-state index in [9.17, 15) is 18.8 Å². The van der Waals surface area contributed by atoms with Gasteiger partial charge in [-0.2, -0.15) is 0 Å². The minimum Gasteiger partial charge on any atom is -0.326 e. The van der Waals surface area contributed by atoms with Crippen LogP contribution in [0.3, 0.4) is 0 Å². The van der Waals surface area contributed by atoms with Crippen LogP contribution in [0.2, 0.25) is 0 Å². The van der Waals surface area contributed by atoms with Crippen LogP contribution >= 0.6 is 0 Å². The summed E-state index contributed by atoms with van der Waals surface area (Å²) in [5.74, 6) is -1.68. The number of carbonyl (C=O) groups is 3. The van der Waals surface area contributed by atoms with E-state index in [2.05, 4.69) is 16.2 Å². The molecule has 0 radical (unpaired) electrons. The first kappa shape index (κ1) is 20.8. The molecular formula is C21H22FN3O3. The Morgan fingerprint density at radius 3 is 2.29 bits per heavy atom. The number of amides is 3. The Kier molecular flexibility index (Phi) is 7.45. The summed E-state index contributed by atoms with van der Waals surface area (Å²) in [6.45, 7) is 3.86. The van der Waals surface area contributed by atoms with E-state index in [4.69, 9.17) is 0 Å². The second kappa shape index (κ2) is 10.0. The highest BCUT2D eigenvalue weighted by atomic mass is 19.1. The van der Waals surface area contributed by atoms with Gasteiger partial charge in [-0.25, -0.2) is 4.39 Å². The van der Waals surface area contributed by atoms with E-state index >= 15 is 0 Å². The van der Waals surface area contributed by atoms with Crippen LogP contribution in [-0.4, -0.2) is 17.7 Å². The van der Waals surface area contributed by atoms with Crippen LogP contribution in [0, 0.1) is 19.7 Å². The zero-order chi connectivity index (χ0) is 20.5. The third-order valence-electron chi connectivity index (χ3n) is 3.86. The number of benzene rings is 2. The Balaban J connectivity index is 1.70. The highest BCUT2D eigenvalue weighted by molar-refractivity contribution is 5.95. The minimum absolute atomic E-state index is 0.0135. The van der Waals surface area contributed by atoms with Crippen molar-refractivity contribution in [3.05, 3.63) is 71.0 Å². The van der Waals surface area contributed by atoms with E-state index in [0.29, 0.717) is 11.3 Å². The molecule has 2 aromatic carbocycles. The summed E-state index contributed by atoms with van der Waals surface area (Å²) in [5.41, 5.74) is 7.85. The maximum absolute atomic E-state index is 12.8. The van der Waals surface area contributed by atoms with Gasteiger partial charge in [0, 0.05) is 24.6 Å². The standard InChI is InChI=1S/C21H22FN3O3/c1-14-3-9-18(15(2)13-14)23-19(26)11-12-21(28)25-24-20(27)10-6-16-4-7-17(22)8-5-16/h3-10,13H,11-12H2,1-2H3,(H,23,26)(H,24,27)(H,25,28)/b10-6+. The lowest BCUT2D eigenvalue weighted by molar-refractivity contribution is -0.128. The van der Waals surface area contributed by atoms with Gasteiger partial charge in [0.2, 0.25) is 11.8 Å². The van der Waals surface area contributed by atoms with Crippen LogP contribution in [0.4, 0.5) is 10.1 Å². The van der Waals surface area contributed by atoms with Crippen molar-refractivity contribution >= 4 is 29.5 Å². The third-order valence-corrected chi connectivity index (χ3v) is 3.86. The second-order valence-corrected chi connectivity index (χ2v) is 6.29. The Bertz CT molecular complexity index is 892. The molecule has 7 heteroatoms. The fourth-order valence-electron chi connectivity index (χ4n) is 2.37. The topological polar surface area (TPSA) is 87.3 Å². The number of nitrogens with one attached hydrogen (secondary N) is 3. The van der Waals surface area contributed by atoms with Crippen molar-refractivity contribution < 1.29 is 18.8 Å². The summed E-state index contributed by atoms with van der Waals surface area (Å²) in [7, 11) is 0. The van der Waals surface area contributed by atoms with E-state index < -0.39 is 11.8 Å². The molecule has 0 heterocycles. The molecule has 0 aliphatic carbocycles. The number of hydrogen-bond donors (Lipinski definition) is 3. The van der Waals surface area contributed by atoms with Crippen LogP contribution in [0.15, 0.2) is 48.5 Å². The zero-order valence-corrected chi connectivity index (χ0v) is 15.7. The molecule has 0 saturated carbocycles. The SMILES string of the molecule is Cc1ccc(NC(=O)CCC(=O)NNC(=O)/C=C/c2ccc(F)cc2)c(C)c1. The number of rotatable bonds is 6. The van der Waals surface area contributed by atoms with Gasteiger partial charge in [0.05, 0.1) is 0 Å². The van der Waals surface area contributed by atoms with Gasteiger partial charge in [0.25, 0.3) is 5.91 Å². The lowest BCUT2D eigenvalue weighted by atomic mass is 10.1. The highest BCUT2D eigenvalue weighted by Gasteiger charge is 2.09. The molecule has 28 heavy (non-hydrogen) atoms. The fraction of sp³-hybridized carbons (Fsp3) is 0.190. The van der Waals surface area contributed by atoms with Crippen molar-refractivity contribution in [1.29, 1.82) is 0 Å². The van der Waals surface area contributed by atoms with Crippen molar-refractivity contribution in [2.24, 2.45) is 0 Å². The molecule has 0 bridgehead atoms. The predicted molar refractivity (Wildman–Crippen MR) is 105 cm³/mol. The lowest BCUT2D eigenvalue weighted by Gasteiger charge is -2.09. The summed E-state index contributed by atoms with van der Waals surface area (Å²) >= 11 is 0. The van der Waals surface area contributed by atoms with Crippen LogP contribution in [0.5, 0.6) is 0 Å². The van der Waals surface area contributed by atoms with Crippen molar-refractivity contribution in [2.75, 3.05) is 5.32 Å². The largest absolute Gasteiger partial charge is 0.326 e. The van der Waals surface area contributed by atoms with Crippen LogP contribution in [-0.2, 0) is 14.4 Å². The second-order valence-electron chi connectivity index (χ2n) is 6.29. The fourth-order valence-corrected chi connectivity index (χ4v) is 2.37. The molecule has 0 spiro atoms. The molecule has 2 rings (SSSR count). The van der Waals surface area contributed by atoms with Crippen molar-refractivity contribution in [1.82, 2.24) is 10.9 Å². The van der Waals surface area contributed by atoms with Gasteiger partial charge in [0.15, 0.2) is 0 Å². The van der Waals surface area contributed by atoms with Crippen molar-refractivity contribution in [3.63, 3.8) is 0 Å². The Morgan fingerprint density at radius 1 is 0.929 bits per heavy atom. The first-order valence-corrected chi connectivity index (χ1v) is 8.73.